The molecule has 0 spiro atoms. The number of esters is 1. The summed E-state index contributed by atoms with van der Waals surface area (Å²) in [6.45, 7) is 1.73. The number of carbonyl (C=O) groups is 2. The van der Waals surface area contributed by atoms with Gasteiger partial charge in [0.05, 0.1) is 19.8 Å². The van der Waals surface area contributed by atoms with Crippen molar-refractivity contribution in [1.29, 1.82) is 0 Å². The average Bonchev–Trinajstić information content (AvgIpc) is 3.42. The van der Waals surface area contributed by atoms with E-state index < -0.39 is 5.97 Å². The van der Waals surface area contributed by atoms with Gasteiger partial charge in [0.1, 0.15) is 17.1 Å². The number of fused-ring (bicyclic) bond motifs is 2. The van der Waals surface area contributed by atoms with Crippen molar-refractivity contribution in [3.8, 4) is 23.0 Å². The maximum Gasteiger partial charge on any atom is 0.379 e. The molecule has 4 aromatic rings. The number of hydrogen-bond donors (Lipinski definition) is 0. The summed E-state index contributed by atoms with van der Waals surface area (Å²) in [5, 5.41) is 0.805. The quantitative estimate of drug-likeness (QED) is 0.220. The molecule has 2 heterocycles. The van der Waals surface area contributed by atoms with E-state index in [1.54, 1.807) is 69.7 Å². The minimum absolute atomic E-state index is 0.0899. The molecule has 0 aliphatic carbocycles. The maximum absolute atomic E-state index is 12.9. The Hall–Kier alpha value is -4.52. The summed E-state index contributed by atoms with van der Waals surface area (Å²) in [6.07, 6.45) is 1.63. The summed E-state index contributed by atoms with van der Waals surface area (Å²) in [7, 11) is 3.09. The van der Waals surface area contributed by atoms with Crippen molar-refractivity contribution in [2.75, 3.05) is 14.2 Å². The van der Waals surface area contributed by atoms with Gasteiger partial charge in [-0.2, -0.15) is 0 Å². The molecule has 0 saturated carbocycles. The molecule has 0 N–H and O–H groups in total. The van der Waals surface area contributed by atoms with Crippen molar-refractivity contribution in [2.24, 2.45) is 0 Å². The molecule has 5 rings (SSSR count). The van der Waals surface area contributed by atoms with Crippen molar-refractivity contribution >= 4 is 28.8 Å². The van der Waals surface area contributed by atoms with Crippen LogP contribution in [0, 0.1) is 6.92 Å². The van der Waals surface area contributed by atoms with Crippen molar-refractivity contribution < 1.29 is 33.0 Å². The second-order valence-corrected chi connectivity index (χ2v) is 7.66. The van der Waals surface area contributed by atoms with E-state index in [0.29, 0.717) is 39.5 Å². The normalized spacial score (nSPS) is 13.6. The number of Topliss-reactive ketones (excluding diaryl/α,β-unsaturated/α-hetero) is 1. The maximum atomic E-state index is 12.9. The van der Waals surface area contributed by atoms with Crippen molar-refractivity contribution in [3.05, 3.63) is 88.9 Å². The number of carbonyl (C=O) groups excluding carboxylic acids is 2. The second kappa shape index (κ2) is 8.44. The van der Waals surface area contributed by atoms with Crippen LogP contribution in [-0.2, 0) is 0 Å². The van der Waals surface area contributed by atoms with Gasteiger partial charge in [0.15, 0.2) is 17.3 Å². The number of hydrogen-bond acceptors (Lipinski definition) is 7. The van der Waals surface area contributed by atoms with Crippen LogP contribution in [0.4, 0.5) is 0 Å². The van der Waals surface area contributed by atoms with Gasteiger partial charge in [-0.15, -0.1) is 0 Å². The van der Waals surface area contributed by atoms with Crippen LogP contribution in [0.1, 0.15) is 32.0 Å². The second-order valence-electron chi connectivity index (χ2n) is 7.66. The zero-order chi connectivity index (χ0) is 23.8. The van der Waals surface area contributed by atoms with E-state index in [0.717, 1.165) is 5.39 Å². The monoisotopic (exact) mass is 456 g/mol. The highest BCUT2D eigenvalue weighted by molar-refractivity contribution is 6.15. The largest absolute Gasteiger partial charge is 0.493 e. The lowest BCUT2D eigenvalue weighted by molar-refractivity contribution is 0.0702. The molecule has 0 saturated heterocycles. The third-order valence-corrected chi connectivity index (χ3v) is 5.57. The molecule has 3 aromatic carbocycles. The van der Waals surface area contributed by atoms with Crippen LogP contribution in [0.25, 0.3) is 17.0 Å². The molecule has 170 valence electrons. The molecule has 0 radical (unpaired) electrons. The molecule has 7 nitrogen and oxygen atoms in total. The van der Waals surface area contributed by atoms with Gasteiger partial charge in [0, 0.05) is 10.9 Å². The molecule has 1 aliphatic heterocycles. The van der Waals surface area contributed by atoms with Crippen LogP contribution < -0.4 is 18.9 Å². The lowest BCUT2D eigenvalue weighted by Crippen LogP contribution is -2.08. The molecule has 7 heteroatoms. The van der Waals surface area contributed by atoms with E-state index in [1.165, 1.54) is 0 Å². The Labute approximate surface area is 195 Å². The summed E-state index contributed by atoms with van der Waals surface area (Å²) in [5.41, 5.74) is 2.24. The Morgan fingerprint density at radius 3 is 2.44 bits per heavy atom. The Morgan fingerprint density at radius 2 is 1.68 bits per heavy atom. The SMILES string of the molecule is COc1ccc(/C=C2\Oc3c(ccc(OC(=O)c4cc5ccccc5o4)c3C)C2=O)cc1OC. The summed E-state index contributed by atoms with van der Waals surface area (Å²) < 4.78 is 27.6. The van der Waals surface area contributed by atoms with Crippen LogP contribution in [0.15, 0.2) is 70.8 Å². The number of ketones is 1. The number of ether oxygens (including phenoxy) is 4. The first-order valence-corrected chi connectivity index (χ1v) is 10.5. The summed E-state index contributed by atoms with van der Waals surface area (Å²) in [4.78, 5) is 25.6. The van der Waals surface area contributed by atoms with E-state index in [4.69, 9.17) is 23.4 Å². The van der Waals surface area contributed by atoms with E-state index in [-0.39, 0.29) is 23.1 Å². The van der Waals surface area contributed by atoms with Crippen molar-refractivity contribution in [2.45, 2.75) is 6.92 Å². The first kappa shape index (κ1) is 21.3. The van der Waals surface area contributed by atoms with Gasteiger partial charge in [0.25, 0.3) is 0 Å². The number of rotatable bonds is 5. The van der Waals surface area contributed by atoms with Crippen LogP contribution in [0.5, 0.6) is 23.0 Å². The lowest BCUT2D eigenvalue weighted by atomic mass is 10.1. The molecule has 0 amide bonds. The summed E-state index contributed by atoms with van der Waals surface area (Å²) >= 11 is 0. The lowest BCUT2D eigenvalue weighted by Gasteiger charge is -2.09. The van der Waals surface area contributed by atoms with Crippen LogP contribution in [0.3, 0.4) is 0 Å². The molecule has 1 aromatic heterocycles. The number of allylic oxidation sites excluding steroid dienone is 1. The fourth-order valence-corrected chi connectivity index (χ4v) is 3.81. The number of benzene rings is 3. The third-order valence-electron chi connectivity index (χ3n) is 5.57. The van der Waals surface area contributed by atoms with Crippen molar-refractivity contribution in [3.63, 3.8) is 0 Å². The molecule has 0 atom stereocenters. The highest BCUT2D eigenvalue weighted by Crippen LogP contribution is 2.40. The van der Waals surface area contributed by atoms with Gasteiger partial charge < -0.3 is 23.4 Å². The van der Waals surface area contributed by atoms with Gasteiger partial charge in [-0.3, -0.25) is 4.79 Å². The van der Waals surface area contributed by atoms with Gasteiger partial charge in [-0.25, -0.2) is 4.79 Å². The minimum Gasteiger partial charge on any atom is -0.493 e. The molecule has 0 unspecified atom stereocenters. The van der Waals surface area contributed by atoms with Crippen LogP contribution >= 0.6 is 0 Å². The Bertz CT molecular complexity index is 1440. The number of para-hydroxylation sites is 1. The van der Waals surface area contributed by atoms with E-state index in [2.05, 4.69) is 0 Å². The van der Waals surface area contributed by atoms with Gasteiger partial charge in [-0.05, 0) is 55.0 Å². The van der Waals surface area contributed by atoms with Gasteiger partial charge >= 0.3 is 5.97 Å². The fourth-order valence-electron chi connectivity index (χ4n) is 3.81. The molecule has 34 heavy (non-hydrogen) atoms. The standard InChI is InChI=1S/C27H20O7/c1-15-19(34-27(29)24-14-17-6-4-5-7-20(17)32-24)11-9-18-25(28)23(33-26(15)18)13-16-8-10-21(30-2)22(12-16)31-3/h4-14H,1-3H3/b23-13-. The van der Waals surface area contributed by atoms with E-state index in [9.17, 15) is 9.59 Å². The Balaban J connectivity index is 1.41. The van der Waals surface area contributed by atoms with Crippen LogP contribution in [0.2, 0.25) is 0 Å². The predicted octanol–water partition coefficient (Wildman–Crippen LogP) is 5.59. The molecular weight excluding hydrogens is 436 g/mol. The molecular formula is C27H20O7. The minimum atomic E-state index is -0.635. The van der Waals surface area contributed by atoms with Gasteiger partial charge in [0.2, 0.25) is 11.5 Å². The third kappa shape index (κ3) is 3.67. The predicted molar refractivity (Wildman–Crippen MR) is 125 cm³/mol. The Kier molecular flexibility index (Phi) is 5.30. The highest BCUT2D eigenvalue weighted by Gasteiger charge is 2.31. The smallest absolute Gasteiger partial charge is 0.379 e. The van der Waals surface area contributed by atoms with Crippen molar-refractivity contribution in [1.82, 2.24) is 0 Å². The Morgan fingerprint density at radius 1 is 0.912 bits per heavy atom. The number of methoxy groups -OCH3 is 2. The van der Waals surface area contributed by atoms with Crippen LogP contribution in [-0.4, -0.2) is 26.0 Å². The van der Waals surface area contributed by atoms with E-state index in [1.807, 2.05) is 18.2 Å². The zero-order valence-electron chi connectivity index (χ0n) is 18.7. The molecule has 0 fully saturated rings. The topological polar surface area (TPSA) is 84.2 Å². The fraction of sp³-hybridized carbons (Fsp3) is 0.111. The first-order chi connectivity index (χ1) is 16.5. The summed E-state index contributed by atoms with van der Waals surface area (Å²) in [6, 6.07) is 17.4. The number of furan rings is 1. The highest BCUT2D eigenvalue weighted by atomic mass is 16.6. The van der Waals surface area contributed by atoms with E-state index >= 15 is 0 Å². The molecule has 0 bridgehead atoms. The summed E-state index contributed by atoms with van der Waals surface area (Å²) in [5.74, 6) is 1.11. The first-order valence-electron chi connectivity index (χ1n) is 10.5. The average molecular weight is 456 g/mol. The zero-order valence-corrected chi connectivity index (χ0v) is 18.7. The molecule has 1 aliphatic rings. The van der Waals surface area contributed by atoms with Gasteiger partial charge in [-0.1, -0.05) is 24.3 Å².